The van der Waals surface area contributed by atoms with E-state index in [2.05, 4.69) is 25.1 Å². The highest BCUT2D eigenvalue weighted by molar-refractivity contribution is 6.16. The molecule has 3 aromatic rings. The van der Waals surface area contributed by atoms with Gasteiger partial charge < -0.3 is 9.64 Å². The summed E-state index contributed by atoms with van der Waals surface area (Å²) in [7, 11) is 4.19. The highest BCUT2D eigenvalue weighted by Gasteiger charge is 2.15. The maximum Gasteiger partial charge on any atom is 0.339 e. The van der Waals surface area contributed by atoms with Gasteiger partial charge in [-0.25, -0.2) is 4.79 Å². The van der Waals surface area contributed by atoms with Crippen LogP contribution in [0.15, 0.2) is 54.6 Å². The van der Waals surface area contributed by atoms with Gasteiger partial charge in [0.25, 0.3) is 0 Å². The average molecular weight is 386 g/mol. The normalized spacial score (nSPS) is 10.9. The second-order valence-corrected chi connectivity index (χ2v) is 7.05. The van der Waals surface area contributed by atoms with Crippen LogP contribution in [0.4, 0.5) is 0 Å². The molecule has 0 radical (unpaired) electrons. The Hall–Kier alpha value is -2.10. The molecule has 0 saturated heterocycles. The molecule has 0 heterocycles. The molecular formula is C23H28ClNO2. The minimum Gasteiger partial charge on any atom is -0.462 e. The van der Waals surface area contributed by atoms with Crippen LogP contribution in [0.1, 0.15) is 36.0 Å². The van der Waals surface area contributed by atoms with Crippen molar-refractivity contribution in [3.05, 3.63) is 60.2 Å². The first-order valence-corrected chi connectivity index (χ1v) is 9.39. The summed E-state index contributed by atoms with van der Waals surface area (Å²) < 4.78 is 5.62. The summed E-state index contributed by atoms with van der Waals surface area (Å²) >= 11 is 0. The number of benzene rings is 3. The number of ether oxygens (including phenoxy) is 1. The summed E-state index contributed by atoms with van der Waals surface area (Å²) in [6, 6.07) is 18.2. The van der Waals surface area contributed by atoms with E-state index in [0.29, 0.717) is 12.2 Å². The predicted octanol–water partition coefficient (Wildman–Crippen LogP) is 5.69. The van der Waals surface area contributed by atoms with Crippen LogP contribution in [0.3, 0.4) is 0 Å². The fraction of sp³-hybridized carbons (Fsp3) is 0.348. The van der Waals surface area contributed by atoms with E-state index in [4.69, 9.17) is 4.74 Å². The Kier molecular flexibility index (Phi) is 8.08. The van der Waals surface area contributed by atoms with Crippen molar-refractivity contribution in [1.29, 1.82) is 0 Å². The van der Waals surface area contributed by atoms with Crippen molar-refractivity contribution in [2.75, 3.05) is 27.2 Å². The predicted molar refractivity (Wildman–Crippen MR) is 116 cm³/mol. The quantitative estimate of drug-likeness (QED) is 0.283. The maximum atomic E-state index is 12.8. The first kappa shape index (κ1) is 21.2. The lowest BCUT2D eigenvalue weighted by Crippen LogP contribution is -2.12. The van der Waals surface area contributed by atoms with Gasteiger partial charge in [0.1, 0.15) is 0 Å². The molecule has 3 nitrogen and oxygen atoms in total. The van der Waals surface area contributed by atoms with Crippen molar-refractivity contribution < 1.29 is 9.53 Å². The SMILES string of the molecule is CN(C)CCCCCCOC(=O)c1c2ccccc2cc2ccccc12.Cl. The van der Waals surface area contributed by atoms with Gasteiger partial charge in [-0.15, -0.1) is 12.4 Å². The van der Waals surface area contributed by atoms with Crippen LogP contribution in [0.5, 0.6) is 0 Å². The Morgan fingerprint density at radius 2 is 1.41 bits per heavy atom. The molecular weight excluding hydrogens is 358 g/mol. The number of carbonyl (C=O) groups excluding carboxylic acids is 1. The summed E-state index contributed by atoms with van der Waals surface area (Å²) in [5.74, 6) is -0.216. The smallest absolute Gasteiger partial charge is 0.339 e. The topological polar surface area (TPSA) is 29.5 Å². The highest BCUT2D eigenvalue weighted by atomic mass is 35.5. The summed E-state index contributed by atoms with van der Waals surface area (Å²) in [5, 5.41) is 4.06. The van der Waals surface area contributed by atoms with E-state index in [9.17, 15) is 4.79 Å². The Morgan fingerprint density at radius 1 is 0.852 bits per heavy atom. The van der Waals surface area contributed by atoms with Gasteiger partial charge in [0.2, 0.25) is 0 Å². The van der Waals surface area contributed by atoms with Crippen LogP contribution in [-0.4, -0.2) is 38.1 Å². The van der Waals surface area contributed by atoms with E-state index in [-0.39, 0.29) is 18.4 Å². The van der Waals surface area contributed by atoms with Gasteiger partial charge in [-0.2, -0.15) is 0 Å². The molecule has 0 unspecified atom stereocenters. The van der Waals surface area contributed by atoms with Crippen molar-refractivity contribution in [2.45, 2.75) is 25.7 Å². The monoisotopic (exact) mass is 385 g/mol. The van der Waals surface area contributed by atoms with E-state index in [0.717, 1.165) is 40.9 Å². The molecule has 144 valence electrons. The standard InChI is InChI=1S/C23H27NO2.ClH/c1-24(2)15-9-3-4-10-16-26-23(25)22-20-13-7-5-11-18(20)17-19-12-6-8-14-21(19)22;/h5-8,11-14,17H,3-4,9-10,15-16H2,1-2H3;1H. The largest absolute Gasteiger partial charge is 0.462 e. The summed E-state index contributed by atoms with van der Waals surface area (Å²) in [4.78, 5) is 15.0. The van der Waals surface area contributed by atoms with Crippen LogP contribution in [0.25, 0.3) is 21.5 Å². The fourth-order valence-corrected chi connectivity index (χ4v) is 3.35. The molecule has 0 spiro atoms. The zero-order chi connectivity index (χ0) is 18.4. The first-order valence-electron chi connectivity index (χ1n) is 9.39. The number of fused-ring (bicyclic) bond motifs is 2. The number of halogens is 1. The maximum absolute atomic E-state index is 12.8. The van der Waals surface area contributed by atoms with Crippen molar-refractivity contribution in [3.63, 3.8) is 0 Å². The molecule has 0 amide bonds. The van der Waals surface area contributed by atoms with E-state index >= 15 is 0 Å². The number of hydrogen-bond donors (Lipinski definition) is 0. The minimum atomic E-state index is -0.216. The molecule has 4 heteroatoms. The van der Waals surface area contributed by atoms with Gasteiger partial charge in [0.05, 0.1) is 12.2 Å². The highest BCUT2D eigenvalue weighted by Crippen LogP contribution is 2.29. The average Bonchev–Trinajstić information content (AvgIpc) is 2.64. The van der Waals surface area contributed by atoms with Gasteiger partial charge >= 0.3 is 5.97 Å². The van der Waals surface area contributed by atoms with Crippen molar-refractivity contribution in [1.82, 2.24) is 4.90 Å². The van der Waals surface area contributed by atoms with Gasteiger partial charge in [-0.1, -0.05) is 61.4 Å². The van der Waals surface area contributed by atoms with Crippen molar-refractivity contribution >= 4 is 39.9 Å². The zero-order valence-electron chi connectivity index (χ0n) is 16.1. The van der Waals surface area contributed by atoms with Crippen molar-refractivity contribution in [3.8, 4) is 0 Å². The lowest BCUT2D eigenvalue weighted by atomic mass is 9.97. The summed E-state index contributed by atoms with van der Waals surface area (Å²) in [5.41, 5.74) is 0.686. The minimum absolute atomic E-state index is 0. The Balaban J connectivity index is 0.00000261. The van der Waals surface area contributed by atoms with Gasteiger partial charge in [-0.05, 0) is 61.1 Å². The molecule has 3 aromatic carbocycles. The molecule has 0 atom stereocenters. The first-order chi connectivity index (χ1) is 12.7. The third-order valence-corrected chi connectivity index (χ3v) is 4.71. The van der Waals surface area contributed by atoms with E-state index in [1.165, 1.54) is 12.8 Å². The van der Waals surface area contributed by atoms with Crippen LogP contribution in [-0.2, 0) is 4.74 Å². The second kappa shape index (κ2) is 10.3. The summed E-state index contributed by atoms with van der Waals surface area (Å²) in [6.07, 6.45) is 4.38. The molecule has 0 aliphatic heterocycles. The number of esters is 1. The molecule has 0 aromatic heterocycles. The fourth-order valence-electron chi connectivity index (χ4n) is 3.35. The third kappa shape index (κ3) is 5.44. The van der Waals surface area contributed by atoms with Crippen LogP contribution in [0.2, 0.25) is 0 Å². The number of hydrogen-bond acceptors (Lipinski definition) is 3. The Bertz CT molecular complexity index is 838. The van der Waals surface area contributed by atoms with E-state index in [1.54, 1.807) is 0 Å². The van der Waals surface area contributed by atoms with Crippen molar-refractivity contribution in [2.24, 2.45) is 0 Å². The second-order valence-electron chi connectivity index (χ2n) is 7.05. The number of nitrogens with zero attached hydrogens (tertiary/aromatic N) is 1. The zero-order valence-corrected chi connectivity index (χ0v) is 16.9. The third-order valence-electron chi connectivity index (χ3n) is 4.71. The Morgan fingerprint density at radius 3 is 2.00 bits per heavy atom. The molecule has 0 bridgehead atoms. The lowest BCUT2D eigenvalue weighted by Gasteiger charge is -2.12. The number of unbranched alkanes of at least 4 members (excludes halogenated alkanes) is 3. The molecule has 3 rings (SSSR count). The molecule has 0 aliphatic rings. The molecule has 0 saturated carbocycles. The molecule has 0 N–H and O–H groups in total. The lowest BCUT2D eigenvalue weighted by molar-refractivity contribution is 0.0502. The van der Waals surface area contributed by atoms with Crippen LogP contribution in [0, 0.1) is 0 Å². The molecule has 27 heavy (non-hydrogen) atoms. The van der Waals surface area contributed by atoms with Gasteiger partial charge in [0.15, 0.2) is 0 Å². The van der Waals surface area contributed by atoms with Gasteiger partial charge in [-0.3, -0.25) is 0 Å². The van der Waals surface area contributed by atoms with E-state index < -0.39 is 0 Å². The van der Waals surface area contributed by atoms with Gasteiger partial charge in [0, 0.05) is 0 Å². The molecule has 0 aliphatic carbocycles. The van der Waals surface area contributed by atoms with Crippen LogP contribution < -0.4 is 0 Å². The number of rotatable bonds is 8. The number of carbonyl (C=O) groups is 1. The van der Waals surface area contributed by atoms with E-state index in [1.807, 2.05) is 48.5 Å². The van der Waals surface area contributed by atoms with Crippen LogP contribution >= 0.6 is 12.4 Å². The Labute approximate surface area is 167 Å². The summed E-state index contributed by atoms with van der Waals surface area (Å²) in [6.45, 7) is 1.60. The molecule has 0 fully saturated rings.